The van der Waals surface area contributed by atoms with Crippen LogP contribution in [-0.2, 0) is 9.59 Å². The molecule has 0 bridgehead atoms. The normalized spacial score (nSPS) is 12.3. The topological polar surface area (TPSA) is 105 Å². The lowest BCUT2D eigenvalue weighted by Gasteiger charge is -2.11. The van der Waals surface area contributed by atoms with Crippen molar-refractivity contribution in [2.75, 3.05) is 11.6 Å². The molecule has 0 spiro atoms. The number of hydrogen-bond acceptors (Lipinski definition) is 6. The molecule has 0 aliphatic heterocycles. The molecule has 0 aliphatic carbocycles. The second kappa shape index (κ2) is 6.88. The van der Waals surface area contributed by atoms with Crippen LogP contribution in [0.1, 0.15) is 12.8 Å². The third kappa shape index (κ3) is 4.16. The predicted octanol–water partition coefficient (Wildman–Crippen LogP) is 2.15. The lowest BCUT2D eigenvalue weighted by atomic mass is 10.1. The van der Waals surface area contributed by atoms with Crippen LogP contribution in [0.2, 0.25) is 0 Å². The molecule has 1 heterocycles. The van der Waals surface area contributed by atoms with Gasteiger partial charge in [-0.1, -0.05) is 11.8 Å². The van der Waals surface area contributed by atoms with Crippen molar-refractivity contribution in [1.29, 1.82) is 0 Å². The number of fused-ring (bicyclic) bond motifs is 1. The van der Waals surface area contributed by atoms with E-state index < -0.39 is 12.0 Å². The highest BCUT2D eigenvalue weighted by atomic mass is 32.2. The minimum absolute atomic E-state index is 0.112. The summed E-state index contributed by atoms with van der Waals surface area (Å²) in [5.74, 6) is -1.35. The Morgan fingerprint density at radius 1 is 1.52 bits per heavy atom. The zero-order valence-corrected chi connectivity index (χ0v) is 13.0. The Bertz CT molecular complexity index is 672. The highest BCUT2D eigenvalue weighted by molar-refractivity contribution is 8.00. The molecule has 1 aromatic heterocycles. The number of nitrogens with zero attached hydrogens (tertiary/aromatic N) is 1. The largest absolute Gasteiger partial charge is 0.481 e. The van der Waals surface area contributed by atoms with E-state index in [4.69, 9.17) is 10.8 Å². The first-order valence-corrected chi connectivity index (χ1v) is 8.26. The number of carbonyl (C=O) groups excluding carboxylic acids is 1. The van der Waals surface area contributed by atoms with Crippen LogP contribution < -0.4 is 11.1 Å². The van der Waals surface area contributed by atoms with E-state index in [-0.39, 0.29) is 18.7 Å². The quantitative estimate of drug-likeness (QED) is 0.703. The Morgan fingerprint density at radius 2 is 2.29 bits per heavy atom. The van der Waals surface area contributed by atoms with Gasteiger partial charge < -0.3 is 16.2 Å². The molecular weight excluding hydrogens is 310 g/mol. The fourth-order valence-corrected chi connectivity index (χ4v) is 3.24. The van der Waals surface area contributed by atoms with Gasteiger partial charge >= 0.3 is 5.97 Å². The number of nitrogens with two attached hydrogens (primary N) is 1. The minimum atomic E-state index is -0.964. The molecule has 8 heteroatoms. The molecule has 0 saturated heterocycles. The molecular formula is C13H15N3O3S2. The number of thioether (sulfide) groups is 1. The van der Waals surface area contributed by atoms with Gasteiger partial charge in [0, 0.05) is 12.1 Å². The van der Waals surface area contributed by atoms with Gasteiger partial charge in [-0.25, -0.2) is 4.98 Å². The fraction of sp³-hybridized carbons (Fsp3) is 0.308. The predicted molar refractivity (Wildman–Crippen MR) is 84.9 cm³/mol. The highest BCUT2D eigenvalue weighted by Gasteiger charge is 2.15. The summed E-state index contributed by atoms with van der Waals surface area (Å²) in [4.78, 5) is 26.8. The van der Waals surface area contributed by atoms with Crippen LogP contribution in [-0.4, -0.2) is 34.3 Å². The van der Waals surface area contributed by atoms with Gasteiger partial charge in [0.2, 0.25) is 5.91 Å². The molecule has 112 valence electrons. The zero-order valence-electron chi connectivity index (χ0n) is 11.3. The van der Waals surface area contributed by atoms with Gasteiger partial charge in [-0.2, -0.15) is 0 Å². The molecule has 0 fully saturated rings. The van der Waals surface area contributed by atoms with Crippen molar-refractivity contribution in [3.63, 3.8) is 0 Å². The van der Waals surface area contributed by atoms with E-state index >= 15 is 0 Å². The number of amides is 1. The Balaban J connectivity index is 2.04. The average molecular weight is 325 g/mol. The highest BCUT2D eigenvalue weighted by Crippen LogP contribution is 2.29. The van der Waals surface area contributed by atoms with E-state index in [1.165, 1.54) is 0 Å². The van der Waals surface area contributed by atoms with E-state index in [0.717, 1.165) is 14.6 Å². The first kappa shape index (κ1) is 15.7. The van der Waals surface area contributed by atoms with E-state index in [1.54, 1.807) is 29.2 Å². The smallest absolute Gasteiger partial charge is 0.303 e. The number of benzene rings is 1. The molecule has 1 atom stereocenters. The van der Waals surface area contributed by atoms with Gasteiger partial charge in [-0.3, -0.25) is 9.59 Å². The lowest BCUT2D eigenvalue weighted by molar-refractivity contribution is -0.137. The van der Waals surface area contributed by atoms with Gasteiger partial charge in [0.25, 0.3) is 0 Å². The van der Waals surface area contributed by atoms with Crippen molar-refractivity contribution in [2.45, 2.75) is 23.2 Å². The average Bonchev–Trinajstić information content (AvgIpc) is 2.86. The number of carboxylic acids is 1. The number of carboxylic acid groups (broad SMARTS) is 1. The molecule has 6 nitrogen and oxygen atoms in total. The molecule has 2 rings (SSSR count). The van der Waals surface area contributed by atoms with Crippen molar-refractivity contribution in [3.05, 3.63) is 18.2 Å². The number of nitrogens with one attached hydrogen (secondary N) is 1. The zero-order chi connectivity index (χ0) is 15.4. The van der Waals surface area contributed by atoms with Gasteiger partial charge in [-0.05, 0) is 30.9 Å². The minimum Gasteiger partial charge on any atom is -0.481 e. The van der Waals surface area contributed by atoms with Gasteiger partial charge in [0.15, 0.2) is 4.34 Å². The Kier molecular flexibility index (Phi) is 5.16. The summed E-state index contributed by atoms with van der Waals surface area (Å²) < 4.78 is 1.95. The van der Waals surface area contributed by atoms with E-state index in [9.17, 15) is 9.59 Å². The van der Waals surface area contributed by atoms with Gasteiger partial charge in [0.1, 0.15) is 0 Å². The maximum absolute atomic E-state index is 11.9. The number of thiazole rings is 1. The molecule has 21 heavy (non-hydrogen) atoms. The maximum atomic E-state index is 11.9. The number of rotatable bonds is 6. The van der Waals surface area contributed by atoms with Crippen LogP contribution in [0.15, 0.2) is 22.5 Å². The third-order valence-corrected chi connectivity index (χ3v) is 4.82. The van der Waals surface area contributed by atoms with Crippen molar-refractivity contribution in [1.82, 2.24) is 4.98 Å². The maximum Gasteiger partial charge on any atom is 0.303 e. The molecule has 0 saturated carbocycles. The summed E-state index contributed by atoms with van der Waals surface area (Å²) >= 11 is 3.13. The Morgan fingerprint density at radius 3 is 2.95 bits per heavy atom. The number of aliphatic carboxylic acids is 1. The van der Waals surface area contributed by atoms with Crippen LogP contribution in [0.5, 0.6) is 0 Å². The number of hydrogen-bond donors (Lipinski definition) is 3. The molecule has 1 amide bonds. The van der Waals surface area contributed by atoms with Crippen LogP contribution in [0, 0.1) is 0 Å². The van der Waals surface area contributed by atoms with Crippen LogP contribution in [0.3, 0.4) is 0 Å². The summed E-state index contributed by atoms with van der Waals surface area (Å²) in [5, 5.41) is 11.3. The third-order valence-electron chi connectivity index (χ3n) is 2.82. The first-order valence-electron chi connectivity index (χ1n) is 6.22. The molecule has 1 aromatic carbocycles. The van der Waals surface area contributed by atoms with E-state index in [2.05, 4.69) is 10.3 Å². The second-order valence-electron chi connectivity index (χ2n) is 4.39. The summed E-state index contributed by atoms with van der Waals surface area (Å²) in [6, 6.07) is 4.60. The fourth-order valence-electron chi connectivity index (χ4n) is 1.71. The summed E-state index contributed by atoms with van der Waals surface area (Å²) in [6.07, 6.45) is 1.95. The van der Waals surface area contributed by atoms with Crippen molar-refractivity contribution >= 4 is 50.9 Å². The SMILES string of the molecule is CSc1nc2ccc(NC(=O)C(N)CCC(=O)O)cc2s1. The van der Waals surface area contributed by atoms with Crippen LogP contribution >= 0.6 is 23.1 Å². The van der Waals surface area contributed by atoms with Crippen LogP contribution in [0.25, 0.3) is 10.2 Å². The molecule has 2 aromatic rings. The number of anilines is 1. The lowest BCUT2D eigenvalue weighted by Crippen LogP contribution is -2.36. The van der Waals surface area contributed by atoms with Gasteiger partial charge in [0.05, 0.1) is 16.3 Å². The van der Waals surface area contributed by atoms with Crippen LogP contribution in [0.4, 0.5) is 5.69 Å². The van der Waals surface area contributed by atoms with Crippen molar-refractivity contribution < 1.29 is 14.7 Å². The van der Waals surface area contributed by atoms with E-state index in [0.29, 0.717) is 5.69 Å². The number of carbonyl (C=O) groups is 2. The number of aromatic nitrogens is 1. The summed E-state index contributed by atoms with van der Waals surface area (Å²) in [6.45, 7) is 0. The van der Waals surface area contributed by atoms with Gasteiger partial charge in [-0.15, -0.1) is 11.3 Å². The first-order chi connectivity index (χ1) is 9.99. The van der Waals surface area contributed by atoms with E-state index in [1.807, 2.05) is 18.4 Å². The van der Waals surface area contributed by atoms with Crippen molar-refractivity contribution in [2.24, 2.45) is 5.73 Å². The summed E-state index contributed by atoms with van der Waals surface area (Å²) in [7, 11) is 0. The molecule has 0 radical (unpaired) electrons. The second-order valence-corrected chi connectivity index (χ2v) is 6.48. The Labute approximate surface area is 129 Å². The molecule has 1 unspecified atom stereocenters. The Hall–Kier alpha value is -1.64. The summed E-state index contributed by atoms with van der Waals surface area (Å²) in [5.41, 5.74) is 7.18. The molecule has 0 aliphatic rings. The standard InChI is InChI=1S/C13H15N3O3S2/c1-20-13-16-9-4-2-7(6-10(9)21-13)15-12(19)8(14)3-5-11(17)18/h2,4,6,8H,3,5,14H2,1H3,(H,15,19)(H,17,18). The monoisotopic (exact) mass is 325 g/mol. The molecule has 4 N–H and O–H groups in total. The van der Waals surface area contributed by atoms with Crippen molar-refractivity contribution in [3.8, 4) is 0 Å².